The van der Waals surface area contributed by atoms with Gasteiger partial charge in [0.1, 0.15) is 11.9 Å². The second-order valence-corrected chi connectivity index (χ2v) is 8.28. The number of ether oxygens (including phenoxy) is 1. The van der Waals surface area contributed by atoms with Crippen LogP contribution in [-0.4, -0.2) is 37.5 Å². The van der Waals surface area contributed by atoms with Gasteiger partial charge in [-0.1, -0.05) is 22.0 Å². The Bertz CT molecular complexity index is 1100. The van der Waals surface area contributed by atoms with E-state index in [1.54, 1.807) is 24.0 Å². The zero-order valence-electron chi connectivity index (χ0n) is 15.5. The van der Waals surface area contributed by atoms with E-state index in [9.17, 15) is 9.90 Å². The number of aryl methyl sites for hydroxylation is 1. The maximum atomic E-state index is 12.6. The molecule has 28 heavy (non-hydrogen) atoms. The minimum Gasteiger partial charge on any atom is -0.464 e. The molecule has 8 heteroatoms. The van der Waals surface area contributed by atoms with E-state index in [4.69, 9.17) is 4.74 Å². The summed E-state index contributed by atoms with van der Waals surface area (Å²) in [5.74, 6) is 0.625. The highest BCUT2D eigenvalue weighted by Crippen LogP contribution is 2.53. The van der Waals surface area contributed by atoms with Crippen LogP contribution < -0.4 is 0 Å². The van der Waals surface area contributed by atoms with Gasteiger partial charge in [-0.05, 0) is 42.5 Å². The Balaban J connectivity index is 1.79. The van der Waals surface area contributed by atoms with Gasteiger partial charge in [0.15, 0.2) is 5.69 Å². The van der Waals surface area contributed by atoms with E-state index in [2.05, 4.69) is 32.1 Å². The number of esters is 1. The molecule has 2 bridgehead atoms. The molecule has 4 heterocycles. The van der Waals surface area contributed by atoms with Gasteiger partial charge in [-0.15, -0.1) is 0 Å². The van der Waals surface area contributed by atoms with E-state index in [1.807, 2.05) is 16.7 Å². The van der Waals surface area contributed by atoms with Crippen molar-refractivity contribution in [2.75, 3.05) is 7.11 Å². The van der Waals surface area contributed by atoms with Gasteiger partial charge in [0, 0.05) is 29.3 Å². The number of rotatable bonds is 3. The zero-order valence-corrected chi connectivity index (χ0v) is 17.0. The monoisotopic (exact) mass is 442 g/mol. The molecule has 0 spiro atoms. The number of imidazole rings is 1. The molecule has 0 radical (unpaired) electrons. The fourth-order valence-electron chi connectivity index (χ4n) is 4.44. The van der Waals surface area contributed by atoms with Crippen molar-refractivity contribution in [1.82, 2.24) is 19.3 Å². The van der Waals surface area contributed by atoms with Crippen LogP contribution in [0.5, 0.6) is 0 Å². The van der Waals surface area contributed by atoms with Gasteiger partial charge in [0.05, 0.1) is 18.5 Å². The number of carbonyl (C=O) groups excluding carboxylic acids is 1. The van der Waals surface area contributed by atoms with Crippen LogP contribution in [0.1, 0.15) is 58.3 Å². The minimum atomic E-state index is -1.03. The topological polar surface area (TPSA) is 82.2 Å². The normalized spacial score (nSPS) is 20.6. The Morgan fingerprint density at radius 3 is 2.82 bits per heavy atom. The summed E-state index contributed by atoms with van der Waals surface area (Å²) in [6, 6.07) is 8.14. The molecule has 1 saturated carbocycles. The van der Waals surface area contributed by atoms with Crippen LogP contribution in [0.3, 0.4) is 0 Å². The van der Waals surface area contributed by atoms with Crippen molar-refractivity contribution in [2.24, 2.45) is 7.05 Å². The molecule has 2 aliphatic heterocycles. The molecule has 7 nitrogen and oxygen atoms in total. The second-order valence-electron chi connectivity index (χ2n) is 7.37. The third-order valence-corrected chi connectivity index (χ3v) is 6.39. The summed E-state index contributed by atoms with van der Waals surface area (Å²) in [7, 11) is 3.10. The molecule has 1 fully saturated rings. The molecule has 1 unspecified atom stereocenters. The van der Waals surface area contributed by atoms with Crippen LogP contribution in [-0.2, 0) is 11.8 Å². The highest BCUT2D eigenvalue weighted by molar-refractivity contribution is 9.10. The first kappa shape index (κ1) is 17.6. The maximum Gasteiger partial charge on any atom is 0.358 e. The number of aliphatic hydroxyl groups excluding tert-OH is 1. The lowest BCUT2D eigenvalue weighted by Crippen LogP contribution is -2.26. The predicted octanol–water partition coefficient (Wildman–Crippen LogP) is 3.35. The molecule has 0 saturated heterocycles. The fraction of sp³-hybridized carbons (Fsp3) is 0.350. The lowest BCUT2D eigenvalue weighted by Gasteiger charge is -2.36. The summed E-state index contributed by atoms with van der Waals surface area (Å²) in [5.41, 5.74) is 3.46. The van der Waals surface area contributed by atoms with Crippen molar-refractivity contribution in [3.63, 3.8) is 0 Å². The molecular weight excluding hydrogens is 424 g/mol. The van der Waals surface area contributed by atoms with Crippen LogP contribution in [0.2, 0.25) is 0 Å². The number of halogens is 1. The molecule has 0 amide bonds. The molecular formula is C20H19BrN4O3. The average Bonchev–Trinajstić information content (AvgIpc) is 3.19. The van der Waals surface area contributed by atoms with E-state index in [1.165, 1.54) is 12.7 Å². The van der Waals surface area contributed by atoms with E-state index in [0.29, 0.717) is 23.1 Å². The number of aliphatic hydroxyl groups is 1. The van der Waals surface area contributed by atoms with E-state index in [-0.39, 0.29) is 11.7 Å². The minimum absolute atomic E-state index is 0.155. The summed E-state index contributed by atoms with van der Waals surface area (Å²) in [5, 5.41) is 15.4. The number of benzene rings is 1. The Labute approximate surface area is 170 Å². The average molecular weight is 443 g/mol. The third-order valence-electron chi connectivity index (χ3n) is 5.90. The molecule has 1 N–H and O–H groups in total. The van der Waals surface area contributed by atoms with Crippen LogP contribution in [0.15, 0.2) is 34.9 Å². The van der Waals surface area contributed by atoms with Crippen molar-refractivity contribution >= 4 is 21.9 Å². The SMILES string of the molecule is COC(=O)c1nc2n(c1C(O)c1ccnn1C)C1CC(C1)c1ccc(Br)cc1-2. The number of nitrogens with zero attached hydrogens (tertiary/aromatic N) is 4. The third kappa shape index (κ3) is 2.41. The molecule has 3 aromatic rings. The molecule has 1 aromatic carbocycles. The van der Waals surface area contributed by atoms with Gasteiger partial charge in [0.2, 0.25) is 0 Å². The van der Waals surface area contributed by atoms with E-state index in [0.717, 1.165) is 22.9 Å². The lowest BCUT2D eigenvalue weighted by molar-refractivity contribution is 0.0587. The standard InChI is InChI=1S/C20H19BrN4O3/c1-24-15(5-6-22-24)18(26)17-16(20(27)28-2)23-19-14-9-11(21)3-4-13(14)10-7-12(8-10)25(17)19/h3-6,9-10,12,18,26H,7-8H2,1-2H3. The number of methoxy groups -OCH3 is 1. The zero-order chi connectivity index (χ0) is 19.6. The van der Waals surface area contributed by atoms with Gasteiger partial charge >= 0.3 is 5.97 Å². The maximum absolute atomic E-state index is 12.6. The van der Waals surface area contributed by atoms with Crippen molar-refractivity contribution in [3.8, 4) is 11.4 Å². The molecule has 144 valence electrons. The van der Waals surface area contributed by atoms with E-state index < -0.39 is 12.1 Å². The Hall–Kier alpha value is -2.45. The first-order valence-corrected chi connectivity index (χ1v) is 9.95. The summed E-state index contributed by atoms with van der Waals surface area (Å²) in [4.78, 5) is 17.2. The molecule has 3 aliphatic rings. The van der Waals surface area contributed by atoms with Crippen molar-refractivity contribution in [3.05, 3.63) is 57.6 Å². The highest BCUT2D eigenvalue weighted by atomic mass is 79.9. The van der Waals surface area contributed by atoms with Gasteiger partial charge < -0.3 is 14.4 Å². The van der Waals surface area contributed by atoms with Crippen molar-refractivity contribution < 1.29 is 14.6 Å². The largest absolute Gasteiger partial charge is 0.464 e. The smallest absolute Gasteiger partial charge is 0.358 e. The Kier molecular flexibility index (Phi) is 3.96. The van der Waals surface area contributed by atoms with Gasteiger partial charge in [-0.3, -0.25) is 4.68 Å². The first-order chi connectivity index (χ1) is 13.5. The Morgan fingerprint density at radius 1 is 1.36 bits per heavy atom. The van der Waals surface area contributed by atoms with Crippen LogP contribution in [0.25, 0.3) is 11.4 Å². The summed E-state index contributed by atoms with van der Waals surface area (Å²) < 4.78 is 9.59. The summed E-state index contributed by atoms with van der Waals surface area (Å²) in [6.45, 7) is 0. The van der Waals surface area contributed by atoms with E-state index >= 15 is 0 Å². The number of carbonyl (C=O) groups is 1. The highest BCUT2D eigenvalue weighted by Gasteiger charge is 2.43. The van der Waals surface area contributed by atoms with Crippen molar-refractivity contribution in [2.45, 2.75) is 30.9 Å². The molecule has 1 aliphatic carbocycles. The van der Waals surface area contributed by atoms with Crippen molar-refractivity contribution in [1.29, 1.82) is 0 Å². The lowest BCUT2D eigenvalue weighted by atomic mass is 9.75. The van der Waals surface area contributed by atoms with Gasteiger partial charge in [-0.25, -0.2) is 9.78 Å². The second kappa shape index (κ2) is 6.28. The number of hydrogen-bond donors (Lipinski definition) is 1. The van der Waals surface area contributed by atoms with Crippen LogP contribution >= 0.6 is 15.9 Å². The molecule has 1 atom stereocenters. The van der Waals surface area contributed by atoms with Crippen LogP contribution in [0, 0.1) is 0 Å². The van der Waals surface area contributed by atoms with Crippen LogP contribution in [0.4, 0.5) is 0 Å². The quantitative estimate of drug-likeness (QED) is 0.628. The summed E-state index contributed by atoms with van der Waals surface area (Å²) in [6.07, 6.45) is 2.52. The van der Waals surface area contributed by atoms with Gasteiger partial charge in [0.25, 0.3) is 0 Å². The summed E-state index contributed by atoms with van der Waals surface area (Å²) >= 11 is 3.55. The number of aromatic nitrogens is 4. The first-order valence-electron chi connectivity index (χ1n) is 9.15. The van der Waals surface area contributed by atoms with Gasteiger partial charge in [-0.2, -0.15) is 5.10 Å². The molecule has 6 rings (SSSR count). The number of hydrogen-bond acceptors (Lipinski definition) is 5. The fourth-order valence-corrected chi connectivity index (χ4v) is 4.80. The predicted molar refractivity (Wildman–Crippen MR) is 105 cm³/mol. The Morgan fingerprint density at radius 2 is 2.14 bits per heavy atom. The molecule has 2 aromatic heterocycles.